The number of likely N-dealkylation sites (tertiary alicyclic amines) is 1. The van der Waals surface area contributed by atoms with Gasteiger partial charge in [-0.25, -0.2) is 9.78 Å². The monoisotopic (exact) mass is 367 g/mol. The normalized spacial score (nSPS) is 16.7. The summed E-state index contributed by atoms with van der Waals surface area (Å²) in [6.07, 6.45) is 2.04. The Morgan fingerprint density at radius 2 is 2.04 bits per heavy atom. The molecule has 0 saturated carbocycles. The first-order valence-corrected chi connectivity index (χ1v) is 9.21. The molecule has 6 nitrogen and oxygen atoms in total. The standard InChI is InChI=1S/C21H25N3O3/c1-14(2)27-21(26)17-5-4-11-22-19(17)23-18-10-12-24(20(18)25)13-16-8-6-15(3)7-9-16/h4-9,11,14,18H,10,12-13H2,1-3H3,(H,22,23). The number of pyridine rings is 1. The van der Waals surface area contributed by atoms with Crippen molar-refractivity contribution in [1.82, 2.24) is 9.88 Å². The SMILES string of the molecule is Cc1ccc(CN2CCC(Nc3ncccc3C(=O)OC(C)C)C2=O)cc1. The molecule has 1 atom stereocenters. The molecular formula is C21H25N3O3. The van der Waals surface area contributed by atoms with Crippen molar-refractivity contribution >= 4 is 17.7 Å². The molecule has 6 heteroatoms. The summed E-state index contributed by atoms with van der Waals surface area (Å²) < 4.78 is 5.26. The summed E-state index contributed by atoms with van der Waals surface area (Å²) in [5, 5.41) is 3.14. The van der Waals surface area contributed by atoms with Crippen molar-refractivity contribution in [1.29, 1.82) is 0 Å². The molecule has 1 aliphatic heterocycles. The van der Waals surface area contributed by atoms with Crippen LogP contribution in [-0.2, 0) is 16.1 Å². The zero-order valence-corrected chi connectivity index (χ0v) is 15.9. The van der Waals surface area contributed by atoms with E-state index in [1.807, 2.05) is 36.1 Å². The van der Waals surface area contributed by atoms with Crippen molar-refractivity contribution in [3.8, 4) is 0 Å². The number of hydrogen-bond donors (Lipinski definition) is 1. The van der Waals surface area contributed by atoms with Crippen LogP contribution < -0.4 is 5.32 Å². The van der Waals surface area contributed by atoms with Crippen LogP contribution in [0.4, 0.5) is 5.82 Å². The Hall–Kier alpha value is -2.89. The van der Waals surface area contributed by atoms with Crippen molar-refractivity contribution in [2.75, 3.05) is 11.9 Å². The van der Waals surface area contributed by atoms with Crippen LogP contribution in [0.25, 0.3) is 0 Å². The molecule has 1 aromatic heterocycles. The molecule has 27 heavy (non-hydrogen) atoms. The quantitative estimate of drug-likeness (QED) is 0.794. The molecule has 1 fully saturated rings. The lowest BCUT2D eigenvalue weighted by atomic mass is 10.1. The Balaban J connectivity index is 1.68. The molecule has 1 unspecified atom stereocenters. The first-order valence-electron chi connectivity index (χ1n) is 9.21. The summed E-state index contributed by atoms with van der Waals surface area (Å²) in [5.74, 6) is -0.0364. The lowest BCUT2D eigenvalue weighted by Gasteiger charge is -2.18. The number of nitrogens with zero attached hydrogens (tertiary/aromatic N) is 2. The number of carbonyl (C=O) groups is 2. The molecule has 2 aromatic rings. The summed E-state index contributed by atoms with van der Waals surface area (Å²) in [7, 11) is 0. The molecule has 142 valence electrons. The Kier molecular flexibility index (Phi) is 5.74. The lowest BCUT2D eigenvalue weighted by Crippen LogP contribution is -2.33. The Bertz CT molecular complexity index is 818. The molecule has 0 bridgehead atoms. The second-order valence-corrected chi connectivity index (χ2v) is 7.08. The highest BCUT2D eigenvalue weighted by Crippen LogP contribution is 2.21. The Morgan fingerprint density at radius 1 is 1.30 bits per heavy atom. The zero-order valence-electron chi connectivity index (χ0n) is 15.9. The van der Waals surface area contributed by atoms with Gasteiger partial charge in [0.25, 0.3) is 0 Å². The van der Waals surface area contributed by atoms with Crippen LogP contribution in [0.3, 0.4) is 0 Å². The van der Waals surface area contributed by atoms with Gasteiger partial charge in [0.05, 0.1) is 6.10 Å². The van der Waals surface area contributed by atoms with Crippen LogP contribution in [0.1, 0.15) is 41.8 Å². The van der Waals surface area contributed by atoms with Gasteiger partial charge in [0.15, 0.2) is 0 Å². The third kappa shape index (κ3) is 4.64. The van der Waals surface area contributed by atoms with Gasteiger partial charge in [-0.1, -0.05) is 29.8 Å². The molecular weight excluding hydrogens is 342 g/mol. The largest absolute Gasteiger partial charge is 0.459 e. The van der Waals surface area contributed by atoms with E-state index in [1.165, 1.54) is 5.56 Å². The van der Waals surface area contributed by atoms with Gasteiger partial charge in [0, 0.05) is 19.3 Å². The fourth-order valence-corrected chi connectivity index (χ4v) is 3.07. The molecule has 1 aromatic carbocycles. The third-order valence-electron chi connectivity index (χ3n) is 4.47. The third-order valence-corrected chi connectivity index (χ3v) is 4.47. The van der Waals surface area contributed by atoms with Gasteiger partial charge in [-0.2, -0.15) is 0 Å². The smallest absolute Gasteiger partial charge is 0.342 e. The summed E-state index contributed by atoms with van der Waals surface area (Å²) >= 11 is 0. The Morgan fingerprint density at radius 3 is 2.74 bits per heavy atom. The maximum Gasteiger partial charge on any atom is 0.342 e. The van der Waals surface area contributed by atoms with E-state index < -0.39 is 12.0 Å². The lowest BCUT2D eigenvalue weighted by molar-refractivity contribution is -0.128. The minimum Gasteiger partial charge on any atom is -0.459 e. The highest BCUT2D eigenvalue weighted by atomic mass is 16.5. The molecule has 2 heterocycles. The van der Waals surface area contributed by atoms with Gasteiger partial charge in [0.2, 0.25) is 5.91 Å². The first-order chi connectivity index (χ1) is 12.9. The van der Waals surface area contributed by atoms with E-state index in [4.69, 9.17) is 4.74 Å². The number of amides is 1. The molecule has 3 rings (SSSR count). The van der Waals surface area contributed by atoms with Crippen molar-refractivity contribution in [2.24, 2.45) is 0 Å². The van der Waals surface area contributed by atoms with E-state index in [-0.39, 0.29) is 12.0 Å². The molecule has 1 saturated heterocycles. The molecule has 1 aliphatic rings. The van der Waals surface area contributed by atoms with Crippen LogP contribution in [0, 0.1) is 6.92 Å². The number of nitrogens with one attached hydrogen (secondary N) is 1. The number of rotatable bonds is 6. The number of carbonyl (C=O) groups excluding carboxylic acids is 2. The zero-order chi connectivity index (χ0) is 19.4. The van der Waals surface area contributed by atoms with Gasteiger partial charge in [-0.05, 0) is 44.9 Å². The van der Waals surface area contributed by atoms with Gasteiger partial charge < -0.3 is 15.0 Å². The molecule has 1 N–H and O–H groups in total. The van der Waals surface area contributed by atoms with Crippen LogP contribution in [0.15, 0.2) is 42.6 Å². The van der Waals surface area contributed by atoms with Gasteiger partial charge in [0.1, 0.15) is 17.4 Å². The van der Waals surface area contributed by atoms with Gasteiger partial charge in [-0.3, -0.25) is 4.79 Å². The average molecular weight is 367 g/mol. The van der Waals surface area contributed by atoms with E-state index in [0.717, 1.165) is 5.56 Å². The molecule has 0 radical (unpaired) electrons. The van der Waals surface area contributed by atoms with Crippen LogP contribution >= 0.6 is 0 Å². The van der Waals surface area contributed by atoms with E-state index in [1.54, 1.807) is 32.2 Å². The van der Waals surface area contributed by atoms with Crippen molar-refractivity contribution in [2.45, 2.75) is 45.9 Å². The number of esters is 1. The predicted octanol–water partition coefficient (Wildman–Crippen LogP) is 3.17. The van der Waals surface area contributed by atoms with E-state index >= 15 is 0 Å². The molecule has 0 spiro atoms. The minimum absolute atomic E-state index is 0.0180. The number of hydrogen-bond acceptors (Lipinski definition) is 5. The second-order valence-electron chi connectivity index (χ2n) is 7.08. The topological polar surface area (TPSA) is 71.5 Å². The van der Waals surface area contributed by atoms with E-state index in [9.17, 15) is 9.59 Å². The van der Waals surface area contributed by atoms with Gasteiger partial charge in [-0.15, -0.1) is 0 Å². The number of aromatic nitrogens is 1. The second kappa shape index (κ2) is 8.20. The van der Waals surface area contributed by atoms with Crippen LogP contribution in [0.5, 0.6) is 0 Å². The number of anilines is 1. The van der Waals surface area contributed by atoms with Crippen molar-refractivity contribution in [3.05, 3.63) is 59.3 Å². The van der Waals surface area contributed by atoms with E-state index in [2.05, 4.69) is 10.3 Å². The Labute approximate surface area is 159 Å². The van der Waals surface area contributed by atoms with Crippen molar-refractivity contribution < 1.29 is 14.3 Å². The summed E-state index contributed by atoms with van der Waals surface area (Å²) in [6, 6.07) is 11.1. The fourth-order valence-electron chi connectivity index (χ4n) is 3.07. The van der Waals surface area contributed by atoms with Gasteiger partial charge >= 0.3 is 5.97 Å². The minimum atomic E-state index is -0.442. The highest BCUT2D eigenvalue weighted by Gasteiger charge is 2.32. The number of ether oxygens (including phenoxy) is 1. The average Bonchev–Trinajstić information content (AvgIpc) is 2.97. The summed E-state index contributed by atoms with van der Waals surface area (Å²) in [4.78, 5) is 31.1. The predicted molar refractivity (Wildman–Crippen MR) is 103 cm³/mol. The fraction of sp³-hybridized carbons (Fsp3) is 0.381. The molecule has 1 amide bonds. The number of aryl methyl sites for hydroxylation is 1. The summed E-state index contributed by atoms with van der Waals surface area (Å²) in [6.45, 7) is 6.89. The maximum absolute atomic E-state index is 12.8. The van der Waals surface area contributed by atoms with E-state index in [0.29, 0.717) is 30.9 Å². The highest BCUT2D eigenvalue weighted by molar-refractivity contribution is 5.96. The maximum atomic E-state index is 12.8. The van der Waals surface area contributed by atoms with Crippen LogP contribution in [-0.4, -0.2) is 40.5 Å². The van der Waals surface area contributed by atoms with Crippen LogP contribution in [0.2, 0.25) is 0 Å². The molecule has 0 aliphatic carbocycles. The van der Waals surface area contributed by atoms with Crippen molar-refractivity contribution in [3.63, 3.8) is 0 Å². The number of benzene rings is 1. The first kappa shape index (κ1) is 18.9. The summed E-state index contributed by atoms with van der Waals surface area (Å²) in [5.41, 5.74) is 2.65.